The quantitative estimate of drug-likeness (QED) is 0.816. The number of nitrogens with one attached hydrogen (secondary N) is 1. The van der Waals surface area contributed by atoms with Crippen LogP contribution in [0, 0.1) is 6.92 Å². The van der Waals surface area contributed by atoms with Crippen LogP contribution < -0.4 is 10.2 Å². The second kappa shape index (κ2) is 4.45. The first-order chi connectivity index (χ1) is 8.09. The van der Waals surface area contributed by atoms with E-state index in [0.29, 0.717) is 13.1 Å². The largest absolute Gasteiger partial charge is 0.478 e. The molecule has 0 atom stereocenters. The molecule has 5 heteroatoms. The molecule has 2 rings (SSSR count). The van der Waals surface area contributed by atoms with Crippen LogP contribution in [0.1, 0.15) is 22.3 Å². The summed E-state index contributed by atoms with van der Waals surface area (Å²) in [6.45, 7) is 3.17. The van der Waals surface area contributed by atoms with Gasteiger partial charge in [-0.05, 0) is 37.1 Å². The van der Waals surface area contributed by atoms with E-state index in [4.69, 9.17) is 5.11 Å². The van der Waals surface area contributed by atoms with Crippen molar-refractivity contribution in [2.75, 3.05) is 18.0 Å². The highest BCUT2D eigenvalue weighted by Gasteiger charge is 2.20. The fraction of sp³-hybridized carbons (Fsp3) is 0.333. The Morgan fingerprint density at radius 3 is 2.82 bits per heavy atom. The van der Waals surface area contributed by atoms with Gasteiger partial charge in [-0.2, -0.15) is 0 Å². The van der Waals surface area contributed by atoms with Gasteiger partial charge in [0.05, 0.1) is 5.56 Å². The third-order valence-corrected chi connectivity index (χ3v) is 2.81. The van der Waals surface area contributed by atoms with E-state index < -0.39 is 5.97 Å². The molecule has 0 bridgehead atoms. The lowest BCUT2D eigenvalue weighted by atomic mass is 10.1. The summed E-state index contributed by atoms with van der Waals surface area (Å²) in [5.41, 5.74) is 1.80. The van der Waals surface area contributed by atoms with Crippen molar-refractivity contribution < 1.29 is 14.7 Å². The lowest BCUT2D eigenvalue weighted by molar-refractivity contribution is 0.0697. The number of rotatable bonds is 2. The summed E-state index contributed by atoms with van der Waals surface area (Å²) in [4.78, 5) is 24.1. The number of aryl methyl sites for hydroxylation is 1. The number of urea groups is 1. The second-order valence-corrected chi connectivity index (χ2v) is 4.04. The van der Waals surface area contributed by atoms with E-state index in [1.54, 1.807) is 17.0 Å². The van der Waals surface area contributed by atoms with Gasteiger partial charge < -0.3 is 10.4 Å². The maximum absolute atomic E-state index is 11.7. The van der Waals surface area contributed by atoms with Gasteiger partial charge in [-0.25, -0.2) is 9.59 Å². The van der Waals surface area contributed by atoms with Gasteiger partial charge in [0.25, 0.3) is 0 Å². The first-order valence-electron chi connectivity index (χ1n) is 5.49. The van der Waals surface area contributed by atoms with Crippen molar-refractivity contribution in [3.63, 3.8) is 0 Å². The zero-order chi connectivity index (χ0) is 12.4. The SMILES string of the molecule is Cc1cc(C(=O)O)ccc1N1CCCNC1=O. The monoisotopic (exact) mass is 234 g/mol. The minimum Gasteiger partial charge on any atom is -0.478 e. The summed E-state index contributed by atoms with van der Waals surface area (Å²) in [5.74, 6) is -0.956. The van der Waals surface area contributed by atoms with Crippen LogP contribution in [0.3, 0.4) is 0 Å². The molecular weight excluding hydrogens is 220 g/mol. The minimum atomic E-state index is -0.956. The van der Waals surface area contributed by atoms with Gasteiger partial charge in [-0.15, -0.1) is 0 Å². The molecule has 0 radical (unpaired) electrons. The molecule has 17 heavy (non-hydrogen) atoms. The highest BCUT2D eigenvalue weighted by Crippen LogP contribution is 2.22. The molecule has 2 N–H and O–H groups in total. The molecule has 1 aromatic rings. The van der Waals surface area contributed by atoms with Crippen LogP contribution >= 0.6 is 0 Å². The Morgan fingerprint density at radius 2 is 2.24 bits per heavy atom. The summed E-state index contributed by atoms with van der Waals surface area (Å²) in [6, 6.07) is 4.66. The van der Waals surface area contributed by atoms with Crippen molar-refractivity contribution in [2.24, 2.45) is 0 Å². The molecule has 2 amide bonds. The van der Waals surface area contributed by atoms with Crippen LogP contribution in [0.15, 0.2) is 18.2 Å². The fourth-order valence-corrected chi connectivity index (χ4v) is 1.95. The first-order valence-corrected chi connectivity index (χ1v) is 5.49. The van der Waals surface area contributed by atoms with Gasteiger partial charge in [0, 0.05) is 18.8 Å². The Hall–Kier alpha value is -2.04. The Kier molecular flexibility index (Phi) is 2.99. The third-order valence-electron chi connectivity index (χ3n) is 2.81. The van der Waals surface area contributed by atoms with Crippen molar-refractivity contribution in [1.82, 2.24) is 5.32 Å². The topological polar surface area (TPSA) is 69.6 Å². The van der Waals surface area contributed by atoms with E-state index in [1.165, 1.54) is 6.07 Å². The van der Waals surface area contributed by atoms with Crippen LogP contribution in [0.5, 0.6) is 0 Å². The van der Waals surface area contributed by atoms with E-state index in [9.17, 15) is 9.59 Å². The molecule has 1 fully saturated rings. The zero-order valence-corrected chi connectivity index (χ0v) is 9.56. The number of nitrogens with zero attached hydrogens (tertiary/aromatic N) is 1. The number of anilines is 1. The van der Waals surface area contributed by atoms with Gasteiger partial charge in [0.15, 0.2) is 0 Å². The average Bonchev–Trinajstić information content (AvgIpc) is 2.30. The number of carbonyl (C=O) groups excluding carboxylic acids is 1. The number of carboxylic acids is 1. The Morgan fingerprint density at radius 1 is 1.47 bits per heavy atom. The molecule has 1 heterocycles. The predicted octanol–water partition coefficient (Wildman–Crippen LogP) is 1.61. The van der Waals surface area contributed by atoms with Gasteiger partial charge >= 0.3 is 12.0 Å². The number of amides is 2. The van der Waals surface area contributed by atoms with Crippen LogP contribution in [0.4, 0.5) is 10.5 Å². The minimum absolute atomic E-state index is 0.123. The van der Waals surface area contributed by atoms with E-state index >= 15 is 0 Å². The first kappa shape index (κ1) is 11.4. The molecule has 90 valence electrons. The van der Waals surface area contributed by atoms with Gasteiger partial charge in [0.1, 0.15) is 0 Å². The molecule has 0 spiro atoms. The number of carboxylic acid groups (broad SMARTS) is 1. The highest BCUT2D eigenvalue weighted by atomic mass is 16.4. The lowest BCUT2D eigenvalue weighted by Gasteiger charge is -2.28. The van der Waals surface area contributed by atoms with E-state index in [0.717, 1.165) is 17.7 Å². The summed E-state index contributed by atoms with van der Waals surface area (Å²) in [5, 5.41) is 11.6. The fourth-order valence-electron chi connectivity index (χ4n) is 1.95. The Labute approximate surface area is 99.0 Å². The molecule has 5 nitrogen and oxygen atoms in total. The smallest absolute Gasteiger partial charge is 0.335 e. The number of hydrogen-bond donors (Lipinski definition) is 2. The average molecular weight is 234 g/mol. The normalized spacial score (nSPS) is 15.6. The standard InChI is InChI=1S/C12H14N2O3/c1-8-7-9(11(15)16)3-4-10(8)14-6-2-5-13-12(14)17/h3-4,7H,2,5-6H2,1H3,(H,13,17)(H,15,16). The summed E-state index contributed by atoms with van der Waals surface area (Å²) < 4.78 is 0. The van der Waals surface area contributed by atoms with E-state index in [1.807, 2.05) is 6.92 Å². The molecule has 1 aliphatic rings. The van der Waals surface area contributed by atoms with Crippen molar-refractivity contribution in [3.05, 3.63) is 29.3 Å². The molecular formula is C12H14N2O3. The summed E-state index contributed by atoms with van der Waals surface area (Å²) in [6.07, 6.45) is 0.895. The maximum atomic E-state index is 11.7. The molecule has 0 unspecified atom stereocenters. The van der Waals surface area contributed by atoms with Crippen molar-refractivity contribution in [3.8, 4) is 0 Å². The van der Waals surface area contributed by atoms with Crippen molar-refractivity contribution in [2.45, 2.75) is 13.3 Å². The van der Waals surface area contributed by atoms with E-state index in [-0.39, 0.29) is 11.6 Å². The van der Waals surface area contributed by atoms with Crippen LogP contribution in [-0.2, 0) is 0 Å². The van der Waals surface area contributed by atoms with Gasteiger partial charge in [0.2, 0.25) is 0 Å². The van der Waals surface area contributed by atoms with E-state index in [2.05, 4.69) is 5.32 Å². The predicted molar refractivity (Wildman–Crippen MR) is 63.5 cm³/mol. The van der Waals surface area contributed by atoms with Crippen LogP contribution in [-0.4, -0.2) is 30.2 Å². The van der Waals surface area contributed by atoms with Crippen LogP contribution in [0.2, 0.25) is 0 Å². The maximum Gasteiger partial charge on any atom is 0.335 e. The Bertz CT molecular complexity index is 471. The third kappa shape index (κ3) is 2.22. The number of hydrogen-bond acceptors (Lipinski definition) is 2. The summed E-state index contributed by atoms with van der Waals surface area (Å²) >= 11 is 0. The number of carbonyl (C=O) groups is 2. The molecule has 0 aromatic heterocycles. The summed E-state index contributed by atoms with van der Waals surface area (Å²) in [7, 11) is 0. The molecule has 0 aliphatic carbocycles. The van der Waals surface area contributed by atoms with Crippen molar-refractivity contribution in [1.29, 1.82) is 0 Å². The Balaban J connectivity index is 2.32. The lowest BCUT2D eigenvalue weighted by Crippen LogP contribution is -2.46. The van der Waals surface area contributed by atoms with Crippen LogP contribution in [0.25, 0.3) is 0 Å². The van der Waals surface area contributed by atoms with Gasteiger partial charge in [-0.3, -0.25) is 4.90 Å². The molecule has 1 aromatic carbocycles. The van der Waals surface area contributed by atoms with Crippen molar-refractivity contribution >= 4 is 17.7 Å². The molecule has 0 saturated carbocycles. The van der Waals surface area contributed by atoms with Gasteiger partial charge in [-0.1, -0.05) is 0 Å². The molecule has 1 aliphatic heterocycles. The number of benzene rings is 1. The number of aromatic carboxylic acids is 1. The second-order valence-electron chi connectivity index (χ2n) is 4.04. The zero-order valence-electron chi connectivity index (χ0n) is 9.56. The molecule has 1 saturated heterocycles. The highest BCUT2D eigenvalue weighted by molar-refractivity contribution is 5.95.